The van der Waals surface area contributed by atoms with E-state index in [2.05, 4.69) is 25.6 Å². The second kappa shape index (κ2) is 6.86. The Bertz CT molecular complexity index is 913. The van der Waals surface area contributed by atoms with Crippen LogP contribution in [0.5, 0.6) is 0 Å². The average Bonchev–Trinajstić information content (AvgIpc) is 3.16. The number of nitrogens with zero attached hydrogens (tertiary/aromatic N) is 2. The highest BCUT2D eigenvalue weighted by molar-refractivity contribution is 5.95. The first-order chi connectivity index (χ1) is 12.6. The maximum atomic E-state index is 12.4. The van der Waals surface area contributed by atoms with Crippen LogP contribution >= 0.6 is 0 Å². The number of piperidine rings is 1. The molecular formula is C19H21N5O2. The van der Waals surface area contributed by atoms with Crippen LogP contribution in [0.2, 0.25) is 0 Å². The lowest BCUT2D eigenvalue weighted by Crippen LogP contribution is -2.52. The number of aromatic nitrogens is 3. The first-order valence-electron chi connectivity index (χ1n) is 8.74. The smallest absolute Gasteiger partial charge is 0.251 e. The maximum absolute atomic E-state index is 12.4. The molecule has 0 radical (unpaired) electrons. The van der Waals surface area contributed by atoms with Crippen LogP contribution in [0.1, 0.15) is 23.2 Å². The van der Waals surface area contributed by atoms with Gasteiger partial charge in [-0.05, 0) is 37.6 Å². The minimum Gasteiger partial charge on any atom is -0.387 e. The number of nitrogens with one attached hydrogen (secondary N) is 3. The molecular weight excluding hydrogens is 330 g/mol. The lowest BCUT2D eigenvalue weighted by atomic mass is 9.94. The standard InChI is InChI=1S/C19H21N5O2/c25-18(22-11-19(26)7-1-8-20-10-19)14-4-2-13(3-5-14)16-15-6-9-21-17(15)24-12-23-16/h2-6,9,12,20,26H,1,7-8,10-11H2,(H,22,25)(H,21,23,24)/t19-/m0/s1. The number of carbonyl (C=O) groups is 1. The van der Waals surface area contributed by atoms with Gasteiger partial charge in [-0.3, -0.25) is 4.79 Å². The molecule has 0 saturated carbocycles. The van der Waals surface area contributed by atoms with Gasteiger partial charge < -0.3 is 20.7 Å². The van der Waals surface area contributed by atoms with Crippen LogP contribution in [0.4, 0.5) is 0 Å². The lowest BCUT2D eigenvalue weighted by Gasteiger charge is -2.32. The predicted molar refractivity (Wildman–Crippen MR) is 98.7 cm³/mol. The van der Waals surface area contributed by atoms with Gasteiger partial charge in [0.2, 0.25) is 0 Å². The molecule has 1 aromatic carbocycles. The summed E-state index contributed by atoms with van der Waals surface area (Å²) >= 11 is 0. The number of aliphatic hydroxyl groups is 1. The van der Waals surface area contributed by atoms with Gasteiger partial charge in [0.15, 0.2) is 0 Å². The predicted octanol–water partition coefficient (Wildman–Crippen LogP) is 1.47. The van der Waals surface area contributed by atoms with Crippen molar-refractivity contribution in [3.63, 3.8) is 0 Å². The Kier molecular flexibility index (Phi) is 4.40. The van der Waals surface area contributed by atoms with E-state index in [1.807, 2.05) is 24.4 Å². The average molecular weight is 351 g/mol. The third-order valence-electron chi connectivity index (χ3n) is 4.80. The van der Waals surface area contributed by atoms with Gasteiger partial charge in [-0.1, -0.05) is 12.1 Å². The molecule has 7 nitrogen and oxygen atoms in total. The Hall–Kier alpha value is -2.77. The van der Waals surface area contributed by atoms with E-state index in [9.17, 15) is 9.90 Å². The monoisotopic (exact) mass is 351 g/mol. The zero-order valence-corrected chi connectivity index (χ0v) is 14.3. The molecule has 0 spiro atoms. The topological polar surface area (TPSA) is 103 Å². The van der Waals surface area contributed by atoms with Gasteiger partial charge in [0.25, 0.3) is 5.91 Å². The van der Waals surface area contributed by atoms with Crippen LogP contribution in [-0.2, 0) is 0 Å². The molecule has 4 rings (SSSR count). The highest BCUT2D eigenvalue weighted by Gasteiger charge is 2.29. The quantitative estimate of drug-likeness (QED) is 0.570. The van der Waals surface area contributed by atoms with Crippen molar-refractivity contribution in [2.45, 2.75) is 18.4 Å². The van der Waals surface area contributed by atoms with Crippen molar-refractivity contribution < 1.29 is 9.90 Å². The van der Waals surface area contributed by atoms with E-state index in [1.54, 1.807) is 12.1 Å². The number of H-pyrrole nitrogens is 1. The minimum atomic E-state index is -0.866. The fourth-order valence-corrected chi connectivity index (χ4v) is 3.33. The second-order valence-electron chi connectivity index (χ2n) is 6.73. The molecule has 4 N–H and O–H groups in total. The molecule has 3 heterocycles. The molecule has 2 aromatic heterocycles. The van der Waals surface area contributed by atoms with E-state index in [1.165, 1.54) is 6.33 Å². The maximum Gasteiger partial charge on any atom is 0.251 e. The van der Waals surface area contributed by atoms with Gasteiger partial charge in [-0.25, -0.2) is 9.97 Å². The molecule has 26 heavy (non-hydrogen) atoms. The van der Waals surface area contributed by atoms with Crippen LogP contribution in [0.25, 0.3) is 22.3 Å². The van der Waals surface area contributed by atoms with Gasteiger partial charge in [-0.15, -0.1) is 0 Å². The Morgan fingerprint density at radius 2 is 2.08 bits per heavy atom. The summed E-state index contributed by atoms with van der Waals surface area (Å²) in [6, 6.07) is 9.23. The van der Waals surface area contributed by atoms with E-state index in [0.29, 0.717) is 18.5 Å². The largest absolute Gasteiger partial charge is 0.387 e. The molecule has 1 atom stereocenters. The summed E-state index contributed by atoms with van der Waals surface area (Å²) in [7, 11) is 0. The molecule has 1 aliphatic heterocycles. The molecule has 1 fully saturated rings. The van der Waals surface area contributed by atoms with E-state index in [4.69, 9.17) is 0 Å². The van der Waals surface area contributed by atoms with Crippen molar-refractivity contribution in [3.8, 4) is 11.3 Å². The number of β-amino-alcohol motifs (C(OH)–C–C–N with tert-alkyl or cyclic N) is 1. The highest BCUT2D eigenvalue weighted by Crippen LogP contribution is 2.25. The van der Waals surface area contributed by atoms with Gasteiger partial charge in [-0.2, -0.15) is 0 Å². The second-order valence-corrected chi connectivity index (χ2v) is 6.73. The molecule has 3 aromatic rings. The van der Waals surface area contributed by atoms with E-state index < -0.39 is 5.60 Å². The van der Waals surface area contributed by atoms with Crippen LogP contribution in [0.3, 0.4) is 0 Å². The first kappa shape index (κ1) is 16.7. The SMILES string of the molecule is O=C(NC[C@]1(O)CCCNC1)c1ccc(-c2ncnc3[nH]ccc23)cc1. The number of hydrogen-bond donors (Lipinski definition) is 4. The Morgan fingerprint density at radius 3 is 2.85 bits per heavy atom. The molecule has 1 aliphatic rings. The summed E-state index contributed by atoms with van der Waals surface area (Å²) < 4.78 is 0. The van der Waals surface area contributed by atoms with E-state index in [-0.39, 0.29) is 12.5 Å². The number of carbonyl (C=O) groups excluding carboxylic acids is 1. The molecule has 1 saturated heterocycles. The number of benzene rings is 1. The highest BCUT2D eigenvalue weighted by atomic mass is 16.3. The summed E-state index contributed by atoms with van der Waals surface area (Å²) in [5, 5.41) is 17.4. The van der Waals surface area contributed by atoms with Crippen LogP contribution in [0.15, 0.2) is 42.9 Å². The molecule has 0 unspecified atom stereocenters. The summed E-state index contributed by atoms with van der Waals surface area (Å²) in [4.78, 5) is 24.0. The summed E-state index contributed by atoms with van der Waals surface area (Å²) in [6.45, 7) is 1.66. The number of amides is 1. The summed E-state index contributed by atoms with van der Waals surface area (Å²) in [5.41, 5.74) is 2.22. The number of hydrogen-bond acceptors (Lipinski definition) is 5. The third-order valence-corrected chi connectivity index (χ3v) is 4.80. The van der Waals surface area contributed by atoms with Crippen LogP contribution in [-0.4, -0.2) is 51.2 Å². The molecule has 0 aliphatic carbocycles. The first-order valence-corrected chi connectivity index (χ1v) is 8.74. The zero-order valence-electron chi connectivity index (χ0n) is 14.3. The van der Waals surface area contributed by atoms with Crippen LogP contribution < -0.4 is 10.6 Å². The fourth-order valence-electron chi connectivity index (χ4n) is 3.33. The van der Waals surface area contributed by atoms with Gasteiger partial charge in [0.05, 0.1) is 11.3 Å². The van der Waals surface area contributed by atoms with Crippen molar-refractivity contribution in [3.05, 3.63) is 48.4 Å². The van der Waals surface area contributed by atoms with E-state index in [0.717, 1.165) is 35.3 Å². The molecule has 1 amide bonds. The number of aromatic amines is 1. The summed E-state index contributed by atoms with van der Waals surface area (Å²) in [5.74, 6) is -0.190. The van der Waals surface area contributed by atoms with Crippen molar-refractivity contribution in [1.82, 2.24) is 25.6 Å². The Morgan fingerprint density at radius 1 is 1.23 bits per heavy atom. The fraction of sp³-hybridized carbons (Fsp3) is 0.316. The Labute approximate surface area is 150 Å². The van der Waals surface area contributed by atoms with Crippen molar-refractivity contribution >= 4 is 16.9 Å². The Balaban J connectivity index is 1.47. The van der Waals surface area contributed by atoms with Crippen molar-refractivity contribution in [2.75, 3.05) is 19.6 Å². The normalized spacial score (nSPS) is 20.2. The van der Waals surface area contributed by atoms with Gasteiger partial charge in [0, 0.05) is 35.8 Å². The zero-order chi connectivity index (χ0) is 18.0. The van der Waals surface area contributed by atoms with Crippen molar-refractivity contribution in [1.29, 1.82) is 0 Å². The van der Waals surface area contributed by atoms with Gasteiger partial charge >= 0.3 is 0 Å². The minimum absolute atomic E-state index is 0.190. The number of rotatable bonds is 4. The molecule has 7 heteroatoms. The third kappa shape index (κ3) is 3.31. The lowest BCUT2D eigenvalue weighted by molar-refractivity contribution is 0.0170. The van der Waals surface area contributed by atoms with E-state index >= 15 is 0 Å². The molecule has 0 bridgehead atoms. The summed E-state index contributed by atoms with van der Waals surface area (Å²) in [6.07, 6.45) is 4.95. The van der Waals surface area contributed by atoms with Gasteiger partial charge in [0.1, 0.15) is 12.0 Å². The number of fused-ring (bicyclic) bond motifs is 1. The molecule has 134 valence electrons. The van der Waals surface area contributed by atoms with Crippen molar-refractivity contribution in [2.24, 2.45) is 0 Å². The van der Waals surface area contributed by atoms with Crippen LogP contribution in [0, 0.1) is 0 Å².